The number of halogens is 1. The summed E-state index contributed by atoms with van der Waals surface area (Å²) in [6.45, 7) is 0. The number of carbonyl (C=O) groups excluding carboxylic acids is 2. The third-order valence-corrected chi connectivity index (χ3v) is 4.99. The number of aryl methyl sites for hydroxylation is 1. The summed E-state index contributed by atoms with van der Waals surface area (Å²) in [4.78, 5) is 28.8. The maximum Gasteiger partial charge on any atom is 0.250 e. The highest BCUT2D eigenvalue weighted by atomic mass is 35.5. The summed E-state index contributed by atoms with van der Waals surface area (Å²) in [5.74, 6) is -0.0787. The molecule has 0 spiro atoms. The fourth-order valence-electron chi connectivity index (χ4n) is 3.25. The number of nitrogens with one attached hydrogen (secondary N) is 1. The van der Waals surface area contributed by atoms with E-state index >= 15 is 0 Å². The Labute approximate surface area is 195 Å². The zero-order valence-electron chi connectivity index (χ0n) is 17.7. The molecule has 0 radical (unpaired) electrons. The van der Waals surface area contributed by atoms with E-state index < -0.39 is 5.91 Å². The smallest absolute Gasteiger partial charge is 0.250 e. The topological polar surface area (TPSA) is 112 Å². The standard InChI is InChI=1S/C24H20ClN5O3/c1-30-14-16(13-28-30)22-12-19(7-8-27-22)33-18-5-6-21(20(11-18)24(26)32)29-23(31)10-15-3-2-4-17(25)9-15/h2-9,11-14H,10H2,1H3,(H2,26,32)(H,29,31). The monoisotopic (exact) mass is 461 g/mol. The van der Waals surface area contributed by atoms with Gasteiger partial charge in [-0.25, -0.2) is 0 Å². The molecule has 4 aromatic rings. The molecule has 0 saturated heterocycles. The third-order valence-electron chi connectivity index (χ3n) is 4.75. The van der Waals surface area contributed by atoms with E-state index in [0.717, 1.165) is 11.1 Å². The highest BCUT2D eigenvalue weighted by molar-refractivity contribution is 6.30. The first-order valence-corrected chi connectivity index (χ1v) is 10.4. The molecule has 0 aliphatic carbocycles. The number of aromatic nitrogens is 3. The van der Waals surface area contributed by atoms with Gasteiger partial charge in [0.1, 0.15) is 11.5 Å². The molecule has 0 atom stereocenters. The molecule has 9 heteroatoms. The number of primary amides is 1. The highest BCUT2D eigenvalue weighted by Crippen LogP contribution is 2.28. The lowest BCUT2D eigenvalue weighted by molar-refractivity contribution is -0.115. The Morgan fingerprint density at radius 1 is 1.12 bits per heavy atom. The van der Waals surface area contributed by atoms with E-state index in [1.54, 1.807) is 65.6 Å². The third kappa shape index (κ3) is 5.55. The fraction of sp³-hybridized carbons (Fsp3) is 0.0833. The van der Waals surface area contributed by atoms with Gasteiger partial charge in [-0.3, -0.25) is 19.3 Å². The maximum absolute atomic E-state index is 12.5. The molecular formula is C24H20ClN5O3. The number of benzene rings is 2. The number of hydrogen-bond acceptors (Lipinski definition) is 5. The predicted molar refractivity (Wildman–Crippen MR) is 125 cm³/mol. The summed E-state index contributed by atoms with van der Waals surface area (Å²) in [7, 11) is 1.82. The molecule has 2 heterocycles. The van der Waals surface area contributed by atoms with Crippen molar-refractivity contribution in [1.29, 1.82) is 0 Å². The Morgan fingerprint density at radius 3 is 2.67 bits per heavy atom. The minimum absolute atomic E-state index is 0.102. The van der Waals surface area contributed by atoms with Gasteiger partial charge in [0.25, 0.3) is 5.91 Å². The summed E-state index contributed by atoms with van der Waals surface area (Å²) < 4.78 is 7.59. The average Bonchev–Trinajstić information content (AvgIpc) is 3.21. The molecule has 3 N–H and O–H groups in total. The Hall–Kier alpha value is -4.17. The minimum Gasteiger partial charge on any atom is -0.457 e. The summed E-state index contributed by atoms with van der Waals surface area (Å²) in [5.41, 5.74) is 8.27. The fourth-order valence-corrected chi connectivity index (χ4v) is 3.46. The van der Waals surface area contributed by atoms with Crippen molar-refractivity contribution in [3.8, 4) is 22.8 Å². The second-order valence-corrected chi connectivity index (χ2v) is 7.74. The molecule has 0 bridgehead atoms. The van der Waals surface area contributed by atoms with Gasteiger partial charge in [0.05, 0.1) is 29.6 Å². The molecule has 0 aliphatic rings. The molecule has 0 aliphatic heterocycles. The van der Waals surface area contributed by atoms with Crippen LogP contribution in [0.2, 0.25) is 5.02 Å². The second kappa shape index (κ2) is 9.54. The van der Waals surface area contributed by atoms with Crippen molar-refractivity contribution in [3.05, 3.63) is 89.3 Å². The molecule has 4 rings (SSSR count). The average molecular weight is 462 g/mol. The number of anilines is 1. The number of rotatable bonds is 7. The zero-order chi connectivity index (χ0) is 23.4. The lowest BCUT2D eigenvalue weighted by Gasteiger charge is -2.12. The SMILES string of the molecule is Cn1cc(-c2cc(Oc3ccc(NC(=O)Cc4cccc(Cl)c4)c(C(N)=O)c3)ccn2)cn1. The van der Waals surface area contributed by atoms with Gasteiger partial charge in [-0.15, -0.1) is 0 Å². The van der Waals surface area contributed by atoms with Crippen LogP contribution in [-0.2, 0) is 18.3 Å². The quantitative estimate of drug-likeness (QED) is 0.428. The van der Waals surface area contributed by atoms with Crippen molar-refractivity contribution >= 4 is 29.1 Å². The van der Waals surface area contributed by atoms with Crippen LogP contribution in [0.5, 0.6) is 11.5 Å². The van der Waals surface area contributed by atoms with Crippen molar-refractivity contribution in [2.75, 3.05) is 5.32 Å². The van der Waals surface area contributed by atoms with E-state index in [2.05, 4.69) is 15.4 Å². The Bertz CT molecular complexity index is 1340. The maximum atomic E-state index is 12.5. The van der Waals surface area contributed by atoms with Crippen LogP contribution >= 0.6 is 11.6 Å². The van der Waals surface area contributed by atoms with Crippen LogP contribution < -0.4 is 15.8 Å². The van der Waals surface area contributed by atoms with Crippen LogP contribution in [0.1, 0.15) is 15.9 Å². The van der Waals surface area contributed by atoms with Crippen LogP contribution in [0.25, 0.3) is 11.3 Å². The molecule has 33 heavy (non-hydrogen) atoms. The van der Waals surface area contributed by atoms with Crippen molar-refractivity contribution in [2.45, 2.75) is 6.42 Å². The first-order chi connectivity index (χ1) is 15.9. The van der Waals surface area contributed by atoms with E-state index in [9.17, 15) is 9.59 Å². The van der Waals surface area contributed by atoms with Crippen LogP contribution in [0.3, 0.4) is 0 Å². The number of carbonyl (C=O) groups is 2. The lowest BCUT2D eigenvalue weighted by atomic mass is 10.1. The number of amides is 2. The van der Waals surface area contributed by atoms with Crippen molar-refractivity contribution in [2.24, 2.45) is 12.8 Å². The molecule has 2 aromatic heterocycles. The van der Waals surface area contributed by atoms with Gasteiger partial charge in [0.2, 0.25) is 5.91 Å². The lowest BCUT2D eigenvalue weighted by Crippen LogP contribution is -2.19. The number of nitrogens with two attached hydrogens (primary N) is 1. The van der Waals surface area contributed by atoms with E-state index in [1.807, 2.05) is 13.2 Å². The van der Waals surface area contributed by atoms with Gasteiger partial charge in [0.15, 0.2) is 0 Å². The van der Waals surface area contributed by atoms with Crippen LogP contribution in [0.15, 0.2) is 73.2 Å². The van der Waals surface area contributed by atoms with Crippen molar-refractivity contribution < 1.29 is 14.3 Å². The largest absolute Gasteiger partial charge is 0.457 e. The Kier molecular flexibility index (Phi) is 6.37. The second-order valence-electron chi connectivity index (χ2n) is 7.31. The number of hydrogen-bond donors (Lipinski definition) is 2. The molecule has 8 nitrogen and oxygen atoms in total. The summed E-state index contributed by atoms with van der Waals surface area (Å²) in [5, 5.41) is 7.42. The summed E-state index contributed by atoms with van der Waals surface area (Å²) >= 11 is 5.97. The van der Waals surface area contributed by atoms with Crippen LogP contribution in [0.4, 0.5) is 5.69 Å². The van der Waals surface area contributed by atoms with Gasteiger partial charge in [-0.1, -0.05) is 23.7 Å². The van der Waals surface area contributed by atoms with Crippen LogP contribution in [-0.4, -0.2) is 26.6 Å². The van der Waals surface area contributed by atoms with Crippen molar-refractivity contribution in [3.63, 3.8) is 0 Å². The number of nitrogens with zero attached hydrogens (tertiary/aromatic N) is 3. The Balaban J connectivity index is 1.51. The molecule has 166 valence electrons. The molecule has 2 amide bonds. The molecule has 0 fully saturated rings. The van der Waals surface area contributed by atoms with Gasteiger partial charge in [-0.2, -0.15) is 5.10 Å². The zero-order valence-corrected chi connectivity index (χ0v) is 18.4. The van der Waals surface area contributed by atoms with Gasteiger partial charge >= 0.3 is 0 Å². The van der Waals surface area contributed by atoms with E-state index in [0.29, 0.717) is 27.9 Å². The first kappa shape index (κ1) is 22.0. The van der Waals surface area contributed by atoms with Gasteiger partial charge in [0, 0.05) is 36.1 Å². The highest BCUT2D eigenvalue weighted by Gasteiger charge is 2.14. The minimum atomic E-state index is -0.690. The Morgan fingerprint density at radius 2 is 1.94 bits per heavy atom. The molecule has 0 unspecified atom stereocenters. The molecule has 0 saturated carbocycles. The van der Waals surface area contributed by atoms with E-state index in [4.69, 9.17) is 22.1 Å². The van der Waals surface area contributed by atoms with E-state index in [1.165, 1.54) is 6.07 Å². The summed E-state index contributed by atoms with van der Waals surface area (Å²) in [6, 6.07) is 15.2. The van der Waals surface area contributed by atoms with Gasteiger partial charge < -0.3 is 15.8 Å². The molecule has 2 aromatic carbocycles. The number of ether oxygens (including phenoxy) is 1. The normalized spacial score (nSPS) is 10.6. The molecular weight excluding hydrogens is 442 g/mol. The predicted octanol–water partition coefficient (Wildman–Crippen LogP) is 4.21. The van der Waals surface area contributed by atoms with Gasteiger partial charge in [-0.05, 0) is 42.0 Å². The van der Waals surface area contributed by atoms with E-state index in [-0.39, 0.29) is 17.9 Å². The number of pyridine rings is 1. The first-order valence-electron chi connectivity index (χ1n) is 9.98. The summed E-state index contributed by atoms with van der Waals surface area (Å²) in [6.07, 6.45) is 5.28. The van der Waals surface area contributed by atoms with Crippen LogP contribution in [0, 0.1) is 0 Å². The van der Waals surface area contributed by atoms with Crippen molar-refractivity contribution in [1.82, 2.24) is 14.8 Å².